The Kier molecular flexibility index (Phi) is 4.54. The SMILES string of the molecule is O=c1cc(CO)occ1OC(c1ccccc1)c1ccccc1. The van der Waals surface area contributed by atoms with E-state index in [4.69, 9.17) is 14.3 Å². The first-order chi connectivity index (χ1) is 11.3. The highest BCUT2D eigenvalue weighted by Gasteiger charge is 2.17. The molecule has 0 aliphatic carbocycles. The number of benzene rings is 2. The van der Waals surface area contributed by atoms with Crippen LogP contribution in [-0.2, 0) is 6.61 Å². The molecule has 0 radical (unpaired) electrons. The van der Waals surface area contributed by atoms with Gasteiger partial charge in [-0.3, -0.25) is 4.79 Å². The number of aliphatic hydroxyl groups is 1. The molecule has 3 rings (SSSR count). The first-order valence-corrected chi connectivity index (χ1v) is 7.27. The maximum Gasteiger partial charge on any atom is 0.227 e. The molecule has 4 heteroatoms. The molecule has 0 saturated heterocycles. The fourth-order valence-electron chi connectivity index (χ4n) is 2.32. The van der Waals surface area contributed by atoms with Gasteiger partial charge in [0.2, 0.25) is 11.2 Å². The zero-order valence-electron chi connectivity index (χ0n) is 12.4. The zero-order valence-corrected chi connectivity index (χ0v) is 12.4. The van der Waals surface area contributed by atoms with E-state index in [2.05, 4.69) is 0 Å². The predicted molar refractivity (Wildman–Crippen MR) is 86.3 cm³/mol. The van der Waals surface area contributed by atoms with Crippen LogP contribution in [0.15, 0.2) is 82.2 Å². The highest BCUT2D eigenvalue weighted by atomic mass is 16.5. The van der Waals surface area contributed by atoms with Gasteiger partial charge in [-0.2, -0.15) is 0 Å². The Morgan fingerprint density at radius 1 is 0.957 bits per heavy atom. The van der Waals surface area contributed by atoms with Crippen molar-refractivity contribution in [1.29, 1.82) is 0 Å². The fourth-order valence-corrected chi connectivity index (χ4v) is 2.32. The summed E-state index contributed by atoms with van der Waals surface area (Å²) in [7, 11) is 0. The molecule has 1 N–H and O–H groups in total. The minimum absolute atomic E-state index is 0.111. The summed E-state index contributed by atoms with van der Waals surface area (Å²) in [6, 6.07) is 20.6. The second-order valence-corrected chi connectivity index (χ2v) is 5.05. The van der Waals surface area contributed by atoms with Crippen LogP contribution in [-0.4, -0.2) is 5.11 Å². The molecule has 116 valence electrons. The number of ether oxygens (including phenoxy) is 1. The van der Waals surface area contributed by atoms with Crippen molar-refractivity contribution in [2.45, 2.75) is 12.7 Å². The highest BCUT2D eigenvalue weighted by Crippen LogP contribution is 2.26. The van der Waals surface area contributed by atoms with Crippen LogP contribution in [0.25, 0.3) is 0 Å². The van der Waals surface area contributed by atoms with Crippen LogP contribution in [0.1, 0.15) is 23.0 Å². The lowest BCUT2D eigenvalue weighted by Gasteiger charge is -2.19. The molecule has 0 spiro atoms. The van der Waals surface area contributed by atoms with Gasteiger partial charge in [0.05, 0.1) is 0 Å². The number of aliphatic hydroxyl groups excluding tert-OH is 1. The quantitative estimate of drug-likeness (QED) is 0.785. The number of hydrogen-bond donors (Lipinski definition) is 1. The van der Waals surface area contributed by atoms with Gasteiger partial charge >= 0.3 is 0 Å². The summed E-state index contributed by atoms with van der Waals surface area (Å²) in [4.78, 5) is 12.1. The molecule has 0 aliphatic heterocycles. The largest absolute Gasteiger partial charge is 0.474 e. The van der Waals surface area contributed by atoms with Gasteiger partial charge in [-0.15, -0.1) is 0 Å². The van der Waals surface area contributed by atoms with Crippen molar-refractivity contribution >= 4 is 0 Å². The molecule has 0 atom stereocenters. The minimum Gasteiger partial charge on any atom is -0.474 e. The van der Waals surface area contributed by atoms with Crippen molar-refractivity contribution in [3.05, 3.63) is 100 Å². The Labute approximate surface area is 133 Å². The van der Waals surface area contributed by atoms with Gasteiger partial charge in [-0.05, 0) is 11.1 Å². The first-order valence-electron chi connectivity index (χ1n) is 7.27. The third-order valence-corrected chi connectivity index (χ3v) is 3.46. The number of hydrogen-bond acceptors (Lipinski definition) is 4. The monoisotopic (exact) mass is 308 g/mol. The minimum atomic E-state index is -0.416. The average molecular weight is 308 g/mol. The normalized spacial score (nSPS) is 10.7. The Balaban J connectivity index is 1.98. The predicted octanol–water partition coefficient (Wildman–Crippen LogP) is 3.30. The molecule has 0 saturated carbocycles. The molecule has 4 nitrogen and oxygen atoms in total. The van der Waals surface area contributed by atoms with Crippen molar-refractivity contribution in [1.82, 2.24) is 0 Å². The second-order valence-electron chi connectivity index (χ2n) is 5.05. The Morgan fingerprint density at radius 2 is 1.52 bits per heavy atom. The van der Waals surface area contributed by atoms with Crippen molar-refractivity contribution in [3.8, 4) is 5.75 Å². The molecule has 0 bridgehead atoms. The van der Waals surface area contributed by atoms with Crippen molar-refractivity contribution in [2.24, 2.45) is 0 Å². The lowest BCUT2D eigenvalue weighted by molar-refractivity contribution is 0.221. The summed E-state index contributed by atoms with van der Waals surface area (Å²) in [5.74, 6) is 0.318. The van der Waals surface area contributed by atoms with Crippen molar-refractivity contribution < 1.29 is 14.3 Å². The maximum absolute atomic E-state index is 12.1. The average Bonchev–Trinajstić information content (AvgIpc) is 2.62. The maximum atomic E-state index is 12.1. The molecule has 1 heterocycles. The third-order valence-electron chi connectivity index (χ3n) is 3.46. The molecule has 0 amide bonds. The van der Waals surface area contributed by atoms with Gasteiger partial charge in [0.1, 0.15) is 24.7 Å². The van der Waals surface area contributed by atoms with Crippen molar-refractivity contribution in [3.63, 3.8) is 0 Å². The van der Waals surface area contributed by atoms with Gasteiger partial charge in [0.15, 0.2) is 0 Å². The standard InChI is InChI=1S/C19H16O4/c20-12-16-11-17(21)18(13-22-16)23-19(14-7-3-1-4-8-14)15-9-5-2-6-10-15/h1-11,13,19-20H,12H2. The Hall–Kier alpha value is -2.85. The molecule has 23 heavy (non-hydrogen) atoms. The van der Waals surface area contributed by atoms with E-state index in [1.807, 2.05) is 60.7 Å². The van der Waals surface area contributed by atoms with E-state index in [0.29, 0.717) is 0 Å². The van der Waals surface area contributed by atoms with E-state index in [-0.39, 0.29) is 23.5 Å². The molecule has 0 aliphatic rings. The smallest absolute Gasteiger partial charge is 0.227 e. The van der Waals surface area contributed by atoms with E-state index in [9.17, 15) is 4.79 Å². The van der Waals surface area contributed by atoms with E-state index < -0.39 is 6.10 Å². The molecule has 0 unspecified atom stereocenters. The summed E-state index contributed by atoms with van der Waals surface area (Å²) in [6.07, 6.45) is 0.826. The van der Waals surface area contributed by atoms with Crippen LogP contribution in [0, 0.1) is 0 Å². The third kappa shape index (κ3) is 3.49. The van der Waals surface area contributed by atoms with Gasteiger partial charge in [-0.1, -0.05) is 60.7 Å². The highest BCUT2D eigenvalue weighted by molar-refractivity contribution is 5.32. The fraction of sp³-hybridized carbons (Fsp3) is 0.105. The summed E-state index contributed by atoms with van der Waals surface area (Å²) < 4.78 is 11.1. The van der Waals surface area contributed by atoms with E-state index in [0.717, 1.165) is 11.1 Å². The lowest BCUT2D eigenvalue weighted by Crippen LogP contribution is -2.14. The topological polar surface area (TPSA) is 59.7 Å². The van der Waals surface area contributed by atoms with Crippen LogP contribution in [0.4, 0.5) is 0 Å². The van der Waals surface area contributed by atoms with Gasteiger partial charge in [-0.25, -0.2) is 0 Å². The van der Waals surface area contributed by atoms with Crippen LogP contribution >= 0.6 is 0 Å². The van der Waals surface area contributed by atoms with E-state index >= 15 is 0 Å². The Bertz CT molecular complexity index is 770. The second kappa shape index (κ2) is 6.94. The van der Waals surface area contributed by atoms with Gasteiger partial charge in [0.25, 0.3) is 0 Å². The molecular weight excluding hydrogens is 292 g/mol. The summed E-state index contributed by atoms with van der Waals surface area (Å²) in [5, 5.41) is 9.02. The molecule has 1 aromatic heterocycles. The van der Waals surface area contributed by atoms with Gasteiger partial charge < -0.3 is 14.3 Å². The summed E-state index contributed by atoms with van der Waals surface area (Å²) >= 11 is 0. The van der Waals surface area contributed by atoms with Crippen LogP contribution in [0.3, 0.4) is 0 Å². The van der Waals surface area contributed by atoms with E-state index in [1.54, 1.807) is 0 Å². The lowest BCUT2D eigenvalue weighted by atomic mass is 10.0. The molecular formula is C19H16O4. The van der Waals surface area contributed by atoms with Crippen LogP contribution < -0.4 is 10.2 Å². The Morgan fingerprint density at radius 3 is 2.00 bits per heavy atom. The van der Waals surface area contributed by atoms with Crippen LogP contribution in [0.2, 0.25) is 0 Å². The molecule has 0 fully saturated rings. The summed E-state index contributed by atoms with van der Waals surface area (Å²) in [5.41, 5.74) is 1.55. The summed E-state index contributed by atoms with van der Waals surface area (Å²) in [6.45, 7) is -0.323. The zero-order chi connectivity index (χ0) is 16.1. The molecule has 2 aromatic carbocycles. The van der Waals surface area contributed by atoms with Gasteiger partial charge in [0, 0.05) is 6.07 Å². The first kappa shape index (κ1) is 15.1. The van der Waals surface area contributed by atoms with Crippen LogP contribution in [0.5, 0.6) is 5.75 Å². The molecule has 3 aromatic rings. The number of rotatable bonds is 5. The van der Waals surface area contributed by atoms with E-state index in [1.165, 1.54) is 12.3 Å². The van der Waals surface area contributed by atoms with Crippen molar-refractivity contribution in [2.75, 3.05) is 0 Å².